The van der Waals surface area contributed by atoms with E-state index in [1.807, 2.05) is 30.3 Å². The average molecular weight is 429 g/mol. The minimum Gasteiger partial charge on any atom is -0.497 e. The van der Waals surface area contributed by atoms with Crippen LogP contribution in [0.15, 0.2) is 48.5 Å². The van der Waals surface area contributed by atoms with Gasteiger partial charge in [0.05, 0.1) is 23.4 Å². The van der Waals surface area contributed by atoms with Gasteiger partial charge in [0.25, 0.3) is 5.91 Å². The van der Waals surface area contributed by atoms with Gasteiger partial charge in [0.2, 0.25) is 0 Å². The number of carbonyl (C=O) groups excluding carboxylic acids is 1. The molecule has 2 aromatic carbocycles. The van der Waals surface area contributed by atoms with Crippen molar-refractivity contribution < 1.29 is 13.9 Å². The number of methoxy groups -OCH3 is 1. The second-order valence-electron chi connectivity index (χ2n) is 7.25. The van der Waals surface area contributed by atoms with Crippen LogP contribution in [0.3, 0.4) is 0 Å². The number of anilines is 1. The van der Waals surface area contributed by atoms with Gasteiger partial charge in [-0.05, 0) is 60.9 Å². The number of aromatic amines is 1. The normalized spacial score (nSPS) is 16.4. The molecule has 30 heavy (non-hydrogen) atoms. The van der Waals surface area contributed by atoms with Crippen LogP contribution in [0, 0.1) is 5.82 Å². The predicted octanol–water partition coefficient (Wildman–Crippen LogP) is 4.28. The number of piperidine rings is 1. The maximum absolute atomic E-state index is 13.2. The fraction of sp³-hybridized carbons (Fsp3) is 0.273. The number of carbonyl (C=O) groups is 1. The van der Waals surface area contributed by atoms with Crippen molar-refractivity contribution in [2.75, 3.05) is 25.1 Å². The highest BCUT2D eigenvalue weighted by molar-refractivity contribution is 6.33. The molecule has 0 unspecified atom stereocenters. The van der Waals surface area contributed by atoms with E-state index in [0.29, 0.717) is 6.54 Å². The Morgan fingerprint density at radius 2 is 2.07 bits per heavy atom. The van der Waals surface area contributed by atoms with E-state index in [9.17, 15) is 9.18 Å². The molecule has 1 amide bonds. The lowest BCUT2D eigenvalue weighted by molar-refractivity contribution is 0.0933. The van der Waals surface area contributed by atoms with Gasteiger partial charge in [0.1, 0.15) is 11.6 Å². The zero-order chi connectivity index (χ0) is 21.1. The van der Waals surface area contributed by atoms with Gasteiger partial charge in [0, 0.05) is 25.2 Å². The van der Waals surface area contributed by atoms with Crippen LogP contribution < -0.4 is 15.0 Å². The number of H-pyrrole nitrogens is 1. The molecule has 1 saturated heterocycles. The van der Waals surface area contributed by atoms with Crippen molar-refractivity contribution in [2.24, 2.45) is 0 Å². The number of hydrogen-bond donors (Lipinski definition) is 2. The van der Waals surface area contributed by atoms with E-state index in [1.165, 1.54) is 12.1 Å². The molecule has 2 heterocycles. The standard InChI is InChI=1S/C22H22ClFN4O2/c1-30-17-7-4-14(5-8-17)20-12-21(27-26-20)28-10-2-3-16(13-28)25-22(29)18-9-6-15(24)11-19(18)23/h4-9,11-12,16H,2-3,10,13H2,1H3,(H,25,29)(H,26,27)/t16-/m1/s1. The van der Waals surface area contributed by atoms with E-state index in [1.54, 1.807) is 7.11 Å². The summed E-state index contributed by atoms with van der Waals surface area (Å²) in [4.78, 5) is 14.7. The van der Waals surface area contributed by atoms with Gasteiger partial charge in [0.15, 0.2) is 5.82 Å². The highest BCUT2D eigenvalue weighted by Crippen LogP contribution is 2.26. The number of rotatable bonds is 5. The van der Waals surface area contributed by atoms with E-state index in [2.05, 4.69) is 20.4 Å². The summed E-state index contributed by atoms with van der Waals surface area (Å²) in [7, 11) is 1.64. The first-order valence-electron chi connectivity index (χ1n) is 9.74. The van der Waals surface area contributed by atoms with E-state index < -0.39 is 5.82 Å². The van der Waals surface area contributed by atoms with Crippen LogP contribution in [-0.4, -0.2) is 42.3 Å². The van der Waals surface area contributed by atoms with Crippen molar-refractivity contribution in [1.29, 1.82) is 0 Å². The summed E-state index contributed by atoms with van der Waals surface area (Å²) in [5.74, 6) is 0.869. The summed E-state index contributed by atoms with van der Waals surface area (Å²) in [6.45, 7) is 1.49. The zero-order valence-corrected chi connectivity index (χ0v) is 17.2. The van der Waals surface area contributed by atoms with Gasteiger partial charge >= 0.3 is 0 Å². The van der Waals surface area contributed by atoms with Crippen molar-refractivity contribution in [1.82, 2.24) is 15.5 Å². The molecule has 6 nitrogen and oxygen atoms in total. The van der Waals surface area contributed by atoms with Crippen LogP contribution in [0.2, 0.25) is 5.02 Å². The molecule has 0 aliphatic carbocycles. The monoisotopic (exact) mass is 428 g/mol. The lowest BCUT2D eigenvalue weighted by Gasteiger charge is -2.33. The molecular formula is C22H22ClFN4O2. The first kappa shape index (κ1) is 20.2. The fourth-order valence-corrected chi connectivity index (χ4v) is 3.88. The smallest absolute Gasteiger partial charge is 0.253 e. The van der Waals surface area contributed by atoms with E-state index >= 15 is 0 Å². The molecular weight excluding hydrogens is 407 g/mol. The van der Waals surface area contributed by atoms with Crippen molar-refractivity contribution >= 4 is 23.3 Å². The third-order valence-corrected chi connectivity index (χ3v) is 5.53. The number of nitrogens with zero attached hydrogens (tertiary/aromatic N) is 2. The molecule has 0 spiro atoms. The minimum absolute atomic E-state index is 0.0477. The van der Waals surface area contributed by atoms with E-state index in [4.69, 9.17) is 16.3 Å². The van der Waals surface area contributed by atoms with E-state index in [-0.39, 0.29) is 22.5 Å². The van der Waals surface area contributed by atoms with E-state index in [0.717, 1.165) is 48.3 Å². The van der Waals surface area contributed by atoms with Gasteiger partial charge in [-0.3, -0.25) is 9.89 Å². The van der Waals surface area contributed by atoms with Crippen LogP contribution >= 0.6 is 11.6 Å². The summed E-state index contributed by atoms with van der Waals surface area (Å²) in [6, 6.07) is 13.5. The summed E-state index contributed by atoms with van der Waals surface area (Å²) < 4.78 is 18.4. The van der Waals surface area contributed by atoms with Gasteiger partial charge < -0.3 is 15.0 Å². The van der Waals surface area contributed by atoms with Crippen molar-refractivity contribution in [3.8, 4) is 17.0 Å². The first-order valence-corrected chi connectivity index (χ1v) is 10.1. The number of amides is 1. The topological polar surface area (TPSA) is 70.2 Å². The number of hydrogen-bond acceptors (Lipinski definition) is 4. The third-order valence-electron chi connectivity index (χ3n) is 5.22. The second kappa shape index (κ2) is 8.75. The Hall–Kier alpha value is -3.06. The molecule has 156 valence electrons. The third kappa shape index (κ3) is 4.41. The number of nitrogens with one attached hydrogen (secondary N) is 2. The molecule has 1 aromatic heterocycles. The quantitative estimate of drug-likeness (QED) is 0.636. The predicted molar refractivity (Wildman–Crippen MR) is 115 cm³/mol. The number of benzene rings is 2. The van der Waals surface area contributed by atoms with Gasteiger partial charge in [-0.25, -0.2) is 4.39 Å². The van der Waals surface area contributed by atoms with Gasteiger partial charge in [-0.15, -0.1) is 0 Å². The summed E-state index contributed by atoms with van der Waals surface area (Å²) in [5.41, 5.74) is 2.20. The fourth-order valence-electron chi connectivity index (χ4n) is 3.63. The first-order chi connectivity index (χ1) is 14.5. The van der Waals surface area contributed by atoms with Crippen LogP contribution in [0.4, 0.5) is 10.2 Å². The van der Waals surface area contributed by atoms with Crippen molar-refractivity contribution in [3.63, 3.8) is 0 Å². The molecule has 1 fully saturated rings. The molecule has 2 N–H and O–H groups in total. The Morgan fingerprint density at radius 1 is 1.27 bits per heavy atom. The molecule has 1 aliphatic rings. The largest absolute Gasteiger partial charge is 0.497 e. The highest BCUT2D eigenvalue weighted by atomic mass is 35.5. The van der Waals surface area contributed by atoms with Crippen LogP contribution in [0.5, 0.6) is 5.75 Å². The molecule has 1 aliphatic heterocycles. The van der Waals surface area contributed by atoms with Crippen molar-refractivity contribution in [2.45, 2.75) is 18.9 Å². The maximum Gasteiger partial charge on any atom is 0.253 e. The summed E-state index contributed by atoms with van der Waals surface area (Å²) in [6.07, 6.45) is 1.78. The summed E-state index contributed by atoms with van der Waals surface area (Å²) >= 11 is 6.01. The Morgan fingerprint density at radius 3 is 2.80 bits per heavy atom. The lowest BCUT2D eigenvalue weighted by atomic mass is 10.0. The average Bonchev–Trinajstić information content (AvgIpc) is 3.24. The highest BCUT2D eigenvalue weighted by Gasteiger charge is 2.24. The number of aromatic nitrogens is 2. The van der Waals surface area contributed by atoms with Crippen molar-refractivity contribution in [3.05, 3.63) is 64.9 Å². The lowest BCUT2D eigenvalue weighted by Crippen LogP contribution is -2.48. The molecule has 4 rings (SSSR count). The molecule has 8 heteroatoms. The second-order valence-corrected chi connectivity index (χ2v) is 7.66. The molecule has 1 atom stereocenters. The molecule has 0 radical (unpaired) electrons. The molecule has 3 aromatic rings. The Balaban J connectivity index is 1.42. The Kier molecular flexibility index (Phi) is 5.90. The van der Waals surface area contributed by atoms with Crippen LogP contribution in [0.1, 0.15) is 23.2 Å². The molecule has 0 bridgehead atoms. The molecule has 0 saturated carbocycles. The van der Waals surface area contributed by atoms with Gasteiger partial charge in [-0.1, -0.05) is 11.6 Å². The van der Waals surface area contributed by atoms with Gasteiger partial charge in [-0.2, -0.15) is 5.10 Å². The Labute approximate surface area is 179 Å². The SMILES string of the molecule is COc1ccc(-c2cc(N3CCC[C@@H](NC(=O)c4ccc(F)cc4Cl)C3)n[nH]2)cc1. The van der Waals surface area contributed by atoms with Crippen LogP contribution in [-0.2, 0) is 0 Å². The van der Waals surface area contributed by atoms with Crippen LogP contribution in [0.25, 0.3) is 11.3 Å². The summed E-state index contributed by atoms with van der Waals surface area (Å²) in [5, 5.41) is 10.6. The number of halogens is 2. The minimum atomic E-state index is -0.466. The Bertz CT molecular complexity index is 1040. The maximum atomic E-state index is 13.2. The number of ether oxygens (including phenoxy) is 1. The zero-order valence-electron chi connectivity index (χ0n) is 16.5.